The number of halogens is 3. The summed E-state index contributed by atoms with van der Waals surface area (Å²) in [7, 11) is 0. The molecule has 124 valence electrons. The van der Waals surface area contributed by atoms with Gasteiger partial charge in [0, 0.05) is 11.6 Å². The van der Waals surface area contributed by atoms with Crippen LogP contribution >= 0.6 is 0 Å². The molecule has 0 fully saturated rings. The van der Waals surface area contributed by atoms with E-state index in [-0.39, 0.29) is 5.56 Å². The van der Waals surface area contributed by atoms with Gasteiger partial charge in [0.05, 0.1) is 11.1 Å². The summed E-state index contributed by atoms with van der Waals surface area (Å²) in [6, 6.07) is 13.6. The van der Waals surface area contributed by atoms with Gasteiger partial charge >= 0.3 is 18.1 Å². The molecule has 0 aliphatic heterocycles. The predicted octanol–water partition coefficient (Wildman–Crippen LogP) is 3.72. The number of fused-ring (bicyclic) bond motifs is 2. The highest BCUT2D eigenvalue weighted by atomic mass is 19.4. The van der Waals surface area contributed by atoms with E-state index in [4.69, 9.17) is 15.0 Å². The summed E-state index contributed by atoms with van der Waals surface area (Å²) in [5, 5.41) is 18.9. The third-order valence-electron chi connectivity index (χ3n) is 3.07. The van der Waals surface area contributed by atoms with Crippen LogP contribution in [0.15, 0.2) is 48.7 Å². The third kappa shape index (κ3) is 3.78. The van der Waals surface area contributed by atoms with Crippen LogP contribution < -0.4 is 0 Å². The molecule has 5 nitrogen and oxygen atoms in total. The summed E-state index contributed by atoms with van der Waals surface area (Å²) in [6.45, 7) is 0. The van der Waals surface area contributed by atoms with Crippen LogP contribution in [-0.2, 0) is 4.79 Å². The van der Waals surface area contributed by atoms with Gasteiger partial charge in [-0.1, -0.05) is 30.3 Å². The molecule has 0 atom stereocenters. The van der Waals surface area contributed by atoms with E-state index >= 15 is 0 Å². The molecule has 0 aliphatic carbocycles. The first-order valence-corrected chi connectivity index (χ1v) is 6.51. The van der Waals surface area contributed by atoms with E-state index in [1.165, 1.54) is 6.20 Å². The number of carbonyl (C=O) groups is 2. The van der Waals surface area contributed by atoms with Crippen molar-refractivity contribution >= 4 is 33.6 Å². The number of alkyl halides is 3. The minimum atomic E-state index is -5.08. The Morgan fingerprint density at radius 3 is 2.00 bits per heavy atom. The molecule has 24 heavy (non-hydrogen) atoms. The molecule has 3 aromatic rings. The molecule has 0 radical (unpaired) electrons. The van der Waals surface area contributed by atoms with Gasteiger partial charge in [0.2, 0.25) is 0 Å². The van der Waals surface area contributed by atoms with Gasteiger partial charge in [-0.05, 0) is 22.9 Å². The standard InChI is InChI=1S/C14H9NO2.C2HF3O2/c16-14(17)12-8-15-13-7-10-5-3-1-2-4-9(10)6-11(12)13;3-2(4,5)1(6)7/h1-8H,(H,16,17);(H,6,7). The Bertz CT molecular complexity index is 922. The Hall–Kier alpha value is -3.16. The summed E-state index contributed by atoms with van der Waals surface area (Å²) in [6.07, 6.45) is -3.67. The second-order valence-electron chi connectivity index (χ2n) is 4.69. The molecule has 0 aliphatic rings. The first kappa shape index (κ1) is 17.2. The summed E-state index contributed by atoms with van der Waals surface area (Å²) >= 11 is 0. The van der Waals surface area contributed by atoms with Crippen molar-refractivity contribution in [2.75, 3.05) is 0 Å². The Morgan fingerprint density at radius 1 is 0.958 bits per heavy atom. The van der Waals surface area contributed by atoms with Gasteiger partial charge in [0.15, 0.2) is 0 Å². The van der Waals surface area contributed by atoms with E-state index in [1.54, 1.807) is 0 Å². The van der Waals surface area contributed by atoms with Crippen molar-refractivity contribution in [1.29, 1.82) is 0 Å². The Labute approximate surface area is 133 Å². The van der Waals surface area contributed by atoms with E-state index < -0.39 is 18.1 Å². The topological polar surface area (TPSA) is 87.5 Å². The van der Waals surface area contributed by atoms with Crippen LogP contribution in [0.5, 0.6) is 0 Å². The van der Waals surface area contributed by atoms with Gasteiger partial charge in [-0.15, -0.1) is 0 Å². The van der Waals surface area contributed by atoms with Crippen LogP contribution in [0.25, 0.3) is 21.7 Å². The number of aromatic carboxylic acids is 1. The number of carboxylic acids is 2. The number of benzene rings is 1. The molecule has 0 bridgehead atoms. The molecule has 2 aromatic carbocycles. The molecule has 0 saturated carbocycles. The number of aromatic nitrogens is 1. The van der Waals surface area contributed by atoms with Gasteiger partial charge in [-0.25, -0.2) is 9.59 Å². The average molecular weight is 337 g/mol. The second kappa shape index (κ2) is 6.53. The summed E-state index contributed by atoms with van der Waals surface area (Å²) < 4.78 is 31.7. The SMILES string of the molecule is O=C(O)C(F)(F)F.O=C(O)c1cnc2cc3cccccc3cc12. The average Bonchev–Trinajstić information content (AvgIpc) is 2.75. The Balaban J connectivity index is 0.000000256. The van der Waals surface area contributed by atoms with Crippen molar-refractivity contribution < 1.29 is 33.0 Å². The zero-order chi connectivity index (χ0) is 17.9. The van der Waals surface area contributed by atoms with E-state index in [9.17, 15) is 18.0 Å². The molecule has 1 heterocycles. The first-order chi connectivity index (χ1) is 11.2. The lowest BCUT2D eigenvalue weighted by molar-refractivity contribution is -0.192. The molecule has 3 rings (SSSR count). The largest absolute Gasteiger partial charge is 0.490 e. The lowest BCUT2D eigenvalue weighted by Crippen LogP contribution is -2.21. The number of nitrogens with zero attached hydrogens (tertiary/aromatic N) is 1. The zero-order valence-corrected chi connectivity index (χ0v) is 11.9. The highest BCUT2D eigenvalue weighted by Gasteiger charge is 2.38. The van der Waals surface area contributed by atoms with Crippen molar-refractivity contribution in [3.63, 3.8) is 0 Å². The maximum atomic E-state index is 11.0. The number of rotatable bonds is 1. The highest BCUT2D eigenvalue weighted by Crippen LogP contribution is 2.24. The normalized spacial score (nSPS) is 11.0. The number of aliphatic carboxylic acids is 1. The van der Waals surface area contributed by atoms with Gasteiger partial charge in [0.1, 0.15) is 0 Å². The fourth-order valence-electron chi connectivity index (χ4n) is 1.99. The molecule has 0 unspecified atom stereocenters. The van der Waals surface area contributed by atoms with Crippen molar-refractivity contribution in [3.8, 4) is 0 Å². The molecule has 2 N–H and O–H groups in total. The van der Waals surface area contributed by atoms with E-state index in [0.29, 0.717) is 5.39 Å². The smallest absolute Gasteiger partial charge is 0.478 e. The fraction of sp³-hybridized carbons (Fsp3) is 0.0625. The molecule has 0 spiro atoms. The van der Waals surface area contributed by atoms with Gasteiger partial charge in [-0.2, -0.15) is 13.2 Å². The van der Waals surface area contributed by atoms with Crippen molar-refractivity contribution in [2.45, 2.75) is 6.18 Å². The third-order valence-corrected chi connectivity index (χ3v) is 3.07. The van der Waals surface area contributed by atoms with Gasteiger partial charge < -0.3 is 10.2 Å². The van der Waals surface area contributed by atoms with Crippen LogP contribution in [0.4, 0.5) is 13.2 Å². The molecule has 8 heteroatoms. The van der Waals surface area contributed by atoms with Crippen molar-refractivity contribution in [1.82, 2.24) is 4.98 Å². The predicted molar refractivity (Wildman–Crippen MR) is 79.9 cm³/mol. The monoisotopic (exact) mass is 337 g/mol. The first-order valence-electron chi connectivity index (χ1n) is 6.51. The molecular formula is C16H10F3NO4. The number of carboxylic acid groups (broad SMARTS) is 2. The summed E-state index contributed by atoms with van der Waals surface area (Å²) in [4.78, 5) is 24.1. The van der Waals surface area contributed by atoms with E-state index in [1.807, 2.05) is 42.5 Å². The number of hydrogen-bond acceptors (Lipinski definition) is 3. The lowest BCUT2D eigenvalue weighted by atomic mass is 10.1. The number of hydrogen-bond donors (Lipinski definition) is 2. The second-order valence-corrected chi connectivity index (χ2v) is 4.69. The summed E-state index contributed by atoms with van der Waals surface area (Å²) in [5.74, 6) is -3.69. The molecule has 1 aromatic heterocycles. The van der Waals surface area contributed by atoms with Crippen LogP contribution in [0.3, 0.4) is 0 Å². The maximum absolute atomic E-state index is 11.0. The van der Waals surface area contributed by atoms with Crippen molar-refractivity contribution in [2.24, 2.45) is 0 Å². The molecule has 0 amide bonds. The van der Waals surface area contributed by atoms with Crippen LogP contribution in [0, 0.1) is 0 Å². The lowest BCUT2D eigenvalue weighted by Gasteiger charge is -1.95. The quantitative estimate of drug-likeness (QED) is 0.707. The minimum absolute atomic E-state index is 0.258. The fourth-order valence-corrected chi connectivity index (χ4v) is 1.99. The minimum Gasteiger partial charge on any atom is -0.478 e. The van der Waals surface area contributed by atoms with Crippen LogP contribution in [0.2, 0.25) is 0 Å². The van der Waals surface area contributed by atoms with E-state index in [0.717, 1.165) is 16.3 Å². The zero-order valence-electron chi connectivity index (χ0n) is 11.9. The van der Waals surface area contributed by atoms with Crippen molar-refractivity contribution in [3.05, 3.63) is 54.2 Å². The van der Waals surface area contributed by atoms with Gasteiger partial charge in [0.25, 0.3) is 0 Å². The Kier molecular flexibility index (Phi) is 4.68. The maximum Gasteiger partial charge on any atom is 0.490 e. The summed E-state index contributed by atoms with van der Waals surface area (Å²) in [5.41, 5.74) is 0.981. The van der Waals surface area contributed by atoms with E-state index in [2.05, 4.69) is 4.98 Å². The Morgan fingerprint density at radius 2 is 1.50 bits per heavy atom. The van der Waals surface area contributed by atoms with Crippen LogP contribution in [0.1, 0.15) is 10.4 Å². The highest BCUT2D eigenvalue weighted by molar-refractivity contribution is 6.07. The molecular weight excluding hydrogens is 327 g/mol. The molecule has 0 saturated heterocycles. The van der Waals surface area contributed by atoms with Gasteiger partial charge in [-0.3, -0.25) is 4.98 Å². The van der Waals surface area contributed by atoms with Crippen LogP contribution in [-0.4, -0.2) is 33.3 Å².